The van der Waals surface area contributed by atoms with Crippen LogP contribution in [0.4, 0.5) is 15.8 Å². The van der Waals surface area contributed by atoms with Crippen molar-refractivity contribution in [2.45, 2.75) is 12.8 Å². The fourth-order valence-electron chi connectivity index (χ4n) is 2.97. The average molecular weight is 380 g/mol. The quantitative estimate of drug-likeness (QED) is 0.846. The first-order valence-corrected chi connectivity index (χ1v) is 7.87. The molecule has 0 radical (unpaired) electrons. The predicted molar refractivity (Wildman–Crippen MR) is 98.2 cm³/mol. The number of hydrogen-bond donors (Lipinski definition) is 2. The molecule has 5 nitrogen and oxygen atoms in total. The van der Waals surface area contributed by atoms with E-state index in [-0.39, 0.29) is 42.5 Å². The molecule has 1 amide bonds. The molecule has 2 heterocycles. The first kappa shape index (κ1) is 21.0. The minimum atomic E-state index is -0.332. The second kappa shape index (κ2) is 10.0. The van der Waals surface area contributed by atoms with Crippen LogP contribution in [0.5, 0.6) is 0 Å². The molecule has 0 aromatic heterocycles. The summed E-state index contributed by atoms with van der Waals surface area (Å²) in [4.78, 5) is 14.3. The first-order valence-electron chi connectivity index (χ1n) is 7.87. The Labute approximate surface area is 154 Å². The van der Waals surface area contributed by atoms with Gasteiger partial charge in [-0.25, -0.2) is 4.39 Å². The highest BCUT2D eigenvalue weighted by atomic mass is 35.5. The van der Waals surface area contributed by atoms with Crippen molar-refractivity contribution in [3.8, 4) is 0 Å². The molecule has 1 atom stereocenters. The number of hydrogen-bond acceptors (Lipinski definition) is 4. The maximum Gasteiger partial charge on any atom is 0.228 e. The number of ether oxygens (including phenoxy) is 1. The van der Waals surface area contributed by atoms with Crippen LogP contribution in [0.3, 0.4) is 0 Å². The summed E-state index contributed by atoms with van der Waals surface area (Å²) in [5, 5.41) is 6.07. The maximum absolute atomic E-state index is 13.9. The Morgan fingerprint density at radius 3 is 2.67 bits per heavy atom. The topological polar surface area (TPSA) is 53.6 Å². The lowest BCUT2D eigenvalue weighted by Crippen LogP contribution is -2.37. The Morgan fingerprint density at radius 2 is 2.00 bits per heavy atom. The highest BCUT2D eigenvalue weighted by molar-refractivity contribution is 5.93. The number of piperidine rings is 1. The van der Waals surface area contributed by atoms with Gasteiger partial charge in [0, 0.05) is 31.0 Å². The SMILES string of the molecule is Cl.Cl.O=C(Nc1cc(F)cc(N2CCOCC2)c1)C1CCCNC1. The molecule has 1 unspecified atom stereocenters. The van der Waals surface area contributed by atoms with Gasteiger partial charge >= 0.3 is 0 Å². The third-order valence-corrected chi connectivity index (χ3v) is 4.19. The molecule has 0 bridgehead atoms. The summed E-state index contributed by atoms with van der Waals surface area (Å²) in [5.41, 5.74) is 1.32. The third kappa shape index (κ3) is 5.48. The Morgan fingerprint density at radius 1 is 1.25 bits per heavy atom. The van der Waals surface area contributed by atoms with Crippen molar-refractivity contribution in [2.75, 3.05) is 49.6 Å². The molecule has 0 saturated carbocycles. The van der Waals surface area contributed by atoms with E-state index in [4.69, 9.17) is 4.74 Å². The largest absolute Gasteiger partial charge is 0.378 e. The number of rotatable bonds is 3. The van der Waals surface area contributed by atoms with Crippen LogP contribution in [-0.4, -0.2) is 45.3 Å². The first-order chi connectivity index (χ1) is 10.7. The molecule has 24 heavy (non-hydrogen) atoms. The summed E-state index contributed by atoms with van der Waals surface area (Å²) in [6.07, 6.45) is 1.88. The smallest absolute Gasteiger partial charge is 0.228 e. The molecule has 1 aromatic carbocycles. The highest BCUT2D eigenvalue weighted by Gasteiger charge is 2.21. The number of carbonyl (C=O) groups excluding carboxylic acids is 1. The van der Waals surface area contributed by atoms with E-state index in [1.807, 2.05) is 6.07 Å². The van der Waals surface area contributed by atoms with Crippen molar-refractivity contribution in [3.63, 3.8) is 0 Å². The van der Waals surface area contributed by atoms with Gasteiger partial charge in [-0.2, -0.15) is 0 Å². The number of benzene rings is 1. The minimum absolute atomic E-state index is 0. The fourth-order valence-corrected chi connectivity index (χ4v) is 2.97. The molecule has 1 aromatic rings. The van der Waals surface area contributed by atoms with Crippen molar-refractivity contribution < 1.29 is 13.9 Å². The second-order valence-electron chi connectivity index (χ2n) is 5.83. The second-order valence-corrected chi connectivity index (χ2v) is 5.83. The molecule has 2 aliphatic heterocycles. The van der Waals surface area contributed by atoms with Crippen LogP contribution in [0.25, 0.3) is 0 Å². The van der Waals surface area contributed by atoms with Crippen molar-refractivity contribution in [1.29, 1.82) is 0 Å². The standard InChI is InChI=1S/C16H22FN3O2.2ClH/c17-13-8-14(19-16(21)12-2-1-3-18-11-12)10-15(9-13)20-4-6-22-7-5-20;;/h8-10,12,18H,1-7,11H2,(H,19,21);2*1H. The Kier molecular flexibility index (Phi) is 8.76. The van der Waals surface area contributed by atoms with E-state index in [9.17, 15) is 9.18 Å². The molecule has 2 saturated heterocycles. The molecule has 3 rings (SSSR count). The minimum Gasteiger partial charge on any atom is -0.378 e. The van der Waals surface area contributed by atoms with E-state index in [0.29, 0.717) is 25.4 Å². The van der Waals surface area contributed by atoms with Gasteiger partial charge in [0.25, 0.3) is 0 Å². The van der Waals surface area contributed by atoms with Gasteiger partial charge in [-0.1, -0.05) is 0 Å². The van der Waals surface area contributed by atoms with Crippen molar-refractivity contribution >= 4 is 42.1 Å². The van der Waals surface area contributed by atoms with Crippen LogP contribution in [0.1, 0.15) is 12.8 Å². The van der Waals surface area contributed by atoms with Crippen LogP contribution in [0.2, 0.25) is 0 Å². The fraction of sp³-hybridized carbons (Fsp3) is 0.562. The van der Waals surface area contributed by atoms with Crippen LogP contribution in [0.15, 0.2) is 18.2 Å². The molecule has 136 valence electrons. The molecule has 2 aliphatic rings. The normalized spacial score (nSPS) is 20.5. The van der Waals surface area contributed by atoms with E-state index in [2.05, 4.69) is 15.5 Å². The summed E-state index contributed by atoms with van der Waals surface area (Å²) in [7, 11) is 0. The Hall–Kier alpha value is -1.08. The van der Waals surface area contributed by atoms with Gasteiger partial charge in [0.05, 0.1) is 19.1 Å². The molecule has 0 aliphatic carbocycles. The zero-order chi connectivity index (χ0) is 15.4. The molecule has 0 spiro atoms. The number of nitrogens with one attached hydrogen (secondary N) is 2. The number of carbonyl (C=O) groups is 1. The van der Waals surface area contributed by atoms with E-state index >= 15 is 0 Å². The Bertz CT molecular complexity index is 536. The molecule has 8 heteroatoms. The number of halogens is 3. The molecular weight excluding hydrogens is 356 g/mol. The predicted octanol–water partition coefficient (Wildman–Crippen LogP) is 2.44. The Balaban J connectivity index is 0.00000144. The van der Waals surface area contributed by atoms with Gasteiger partial charge in [-0.15, -0.1) is 24.8 Å². The van der Waals surface area contributed by atoms with Gasteiger partial charge in [-0.05, 0) is 37.6 Å². The average Bonchev–Trinajstić information content (AvgIpc) is 2.56. The van der Waals surface area contributed by atoms with Crippen LogP contribution >= 0.6 is 24.8 Å². The third-order valence-electron chi connectivity index (χ3n) is 4.19. The van der Waals surface area contributed by atoms with Crippen molar-refractivity contribution in [2.24, 2.45) is 5.92 Å². The highest BCUT2D eigenvalue weighted by Crippen LogP contribution is 2.23. The summed E-state index contributed by atoms with van der Waals surface area (Å²) in [5.74, 6) is -0.407. The van der Waals surface area contributed by atoms with E-state index in [1.165, 1.54) is 12.1 Å². The molecular formula is C16H24Cl2FN3O2. The summed E-state index contributed by atoms with van der Waals surface area (Å²) >= 11 is 0. The van der Waals surface area contributed by atoms with Gasteiger partial charge in [-0.3, -0.25) is 4.79 Å². The van der Waals surface area contributed by atoms with E-state index in [0.717, 1.165) is 38.2 Å². The van der Waals surface area contributed by atoms with Gasteiger partial charge < -0.3 is 20.3 Å². The maximum atomic E-state index is 13.9. The lowest BCUT2D eigenvalue weighted by molar-refractivity contribution is -0.120. The van der Waals surface area contributed by atoms with Crippen LogP contribution < -0.4 is 15.5 Å². The number of nitrogens with zero attached hydrogens (tertiary/aromatic N) is 1. The zero-order valence-electron chi connectivity index (χ0n) is 13.4. The van der Waals surface area contributed by atoms with Crippen molar-refractivity contribution in [1.82, 2.24) is 5.32 Å². The van der Waals surface area contributed by atoms with Gasteiger partial charge in [0.15, 0.2) is 0 Å². The zero-order valence-corrected chi connectivity index (χ0v) is 15.1. The number of amides is 1. The van der Waals surface area contributed by atoms with Crippen LogP contribution in [0, 0.1) is 11.7 Å². The monoisotopic (exact) mass is 379 g/mol. The lowest BCUT2D eigenvalue weighted by Gasteiger charge is -2.29. The molecule has 2 fully saturated rings. The number of anilines is 2. The van der Waals surface area contributed by atoms with E-state index < -0.39 is 0 Å². The number of morpholine rings is 1. The van der Waals surface area contributed by atoms with Gasteiger partial charge in [0.1, 0.15) is 5.82 Å². The van der Waals surface area contributed by atoms with E-state index in [1.54, 1.807) is 0 Å². The summed E-state index contributed by atoms with van der Waals surface area (Å²) in [6, 6.07) is 4.71. The van der Waals surface area contributed by atoms with Crippen molar-refractivity contribution in [3.05, 3.63) is 24.0 Å². The van der Waals surface area contributed by atoms with Crippen LogP contribution in [-0.2, 0) is 9.53 Å². The summed E-state index contributed by atoms with van der Waals surface area (Å²) < 4.78 is 19.2. The lowest BCUT2D eigenvalue weighted by atomic mass is 9.99. The molecule has 2 N–H and O–H groups in total. The summed E-state index contributed by atoms with van der Waals surface area (Å²) in [6.45, 7) is 4.42. The van der Waals surface area contributed by atoms with Gasteiger partial charge in [0.2, 0.25) is 5.91 Å².